The van der Waals surface area contributed by atoms with Crippen molar-refractivity contribution in [1.82, 2.24) is 15.0 Å². The average molecular weight is 363 g/mol. The van der Waals surface area contributed by atoms with E-state index in [0.717, 1.165) is 26.8 Å². The quantitative estimate of drug-likeness (QED) is 0.667. The normalized spacial score (nSPS) is 14.7. The highest BCUT2D eigenvalue weighted by Crippen LogP contribution is 2.35. The van der Waals surface area contributed by atoms with E-state index in [4.69, 9.17) is 10.7 Å². The van der Waals surface area contributed by atoms with E-state index < -0.39 is 0 Å². The second kappa shape index (κ2) is 7.38. The summed E-state index contributed by atoms with van der Waals surface area (Å²) in [6, 6.07) is 10.7. The molecule has 26 heavy (non-hydrogen) atoms. The molecule has 0 saturated heterocycles. The Kier molecular flexibility index (Phi) is 4.80. The predicted octanol–water partition coefficient (Wildman–Crippen LogP) is 5.51. The van der Waals surface area contributed by atoms with Gasteiger partial charge in [-0.05, 0) is 49.8 Å². The Hall–Kier alpha value is -2.53. The third kappa shape index (κ3) is 3.53. The monoisotopic (exact) mass is 362 g/mol. The van der Waals surface area contributed by atoms with Crippen LogP contribution in [0.3, 0.4) is 0 Å². The highest BCUT2D eigenvalue weighted by atomic mass is 32.1. The van der Waals surface area contributed by atoms with E-state index >= 15 is 0 Å². The molecule has 0 radical (unpaired) electrons. The fourth-order valence-electron chi connectivity index (χ4n) is 3.36. The molecule has 132 valence electrons. The molecule has 4 rings (SSSR count). The van der Waals surface area contributed by atoms with Crippen LogP contribution in [0, 0.1) is 6.92 Å². The first kappa shape index (κ1) is 16.9. The van der Waals surface area contributed by atoms with Crippen LogP contribution in [-0.2, 0) is 0 Å². The molecule has 2 N–H and O–H groups in total. The van der Waals surface area contributed by atoms with Crippen LogP contribution < -0.4 is 5.73 Å². The van der Waals surface area contributed by atoms with E-state index in [2.05, 4.69) is 40.3 Å². The van der Waals surface area contributed by atoms with Gasteiger partial charge in [0.25, 0.3) is 0 Å². The van der Waals surface area contributed by atoms with Gasteiger partial charge in [-0.15, -0.1) is 11.3 Å². The summed E-state index contributed by atoms with van der Waals surface area (Å²) >= 11 is 1.65. The largest absolute Gasteiger partial charge is 0.368 e. The molecule has 0 atom stereocenters. The molecule has 0 spiro atoms. The zero-order valence-corrected chi connectivity index (χ0v) is 15.7. The summed E-state index contributed by atoms with van der Waals surface area (Å²) in [6.45, 7) is 2.01. The highest BCUT2D eigenvalue weighted by molar-refractivity contribution is 7.18. The van der Waals surface area contributed by atoms with Crippen LogP contribution in [0.5, 0.6) is 0 Å². The van der Waals surface area contributed by atoms with Crippen LogP contribution in [0.1, 0.15) is 43.4 Å². The first-order valence-corrected chi connectivity index (χ1v) is 9.88. The van der Waals surface area contributed by atoms with E-state index in [1.165, 1.54) is 43.2 Å². The Morgan fingerprint density at radius 1 is 0.962 bits per heavy atom. The van der Waals surface area contributed by atoms with E-state index in [0.29, 0.717) is 0 Å². The number of hydrogen-bond donors (Lipinski definition) is 1. The molecule has 5 heteroatoms. The molecular weight excluding hydrogens is 340 g/mol. The fourth-order valence-corrected chi connectivity index (χ4v) is 4.40. The molecule has 0 aliphatic heterocycles. The van der Waals surface area contributed by atoms with Crippen molar-refractivity contribution < 1.29 is 0 Å². The minimum absolute atomic E-state index is 0.290. The predicted molar refractivity (Wildman–Crippen MR) is 109 cm³/mol. The molecule has 0 bridgehead atoms. The van der Waals surface area contributed by atoms with Gasteiger partial charge in [0, 0.05) is 11.8 Å². The van der Waals surface area contributed by atoms with Crippen molar-refractivity contribution in [3.8, 4) is 21.1 Å². The van der Waals surface area contributed by atoms with E-state index in [1.54, 1.807) is 17.5 Å². The molecule has 4 nitrogen and oxygen atoms in total. The lowest BCUT2D eigenvalue weighted by Crippen LogP contribution is -1.94. The molecule has 0 fully saturated rings. The van der Waals surface area contributed by atoms with Crippen molar-refractivity contribution in [3.63, 3.8) is 0 Å². The number of nitrogen functional groups attached to an aromatic ring is 1. The maximum absolute atomic E-state index is 5.72. The summed E-state index contributed by atoms with van der Waals surface area (Å²) in [4.78, 5) is 14.1. The zero-order chi connectivity index (χ0) is 17.9. The summed E-state index contributed by atoms with van der Waals surface area (Å²) in [5.41, 5.74) is 11.5. The molecule has 3 aromatic rings. The summed E-state index contributed by atoms with van der Waals surface area (Å²) in [5, 5.41) is 1.01. The van der Waals surface area contributed by atoms with Gasteiger partial charge < -0.3 is 5.73 Å². The maximum Gasteiger partial charge on any atom is 0.220 e. The van der Waals surface area contributed by atoms with E-state index in [-0.39, 0.29) is 5.95 Å². The third-order valence-electron chi connectivity index (χ3n) is 4.75. The Bertz CT molecular complexity index is 941. The molecular formula is C21H22N4S. The first-order chi connectivity index (χ1) is 12.7. The smallest absolute Gasteiger partial charge is 0.220 e. The first-order valence-electron chi connectivity index (χ1n) is 9.07. The number of nitrogens with zero attached hydrogens (tertiary/aromatic N) is 3. The molecule has 1 aromatic carbocycles. The van der Waals surface area contributed by atoms with Gasteiger partial charge in [0.1, 0.15) is 5.01 Å². The number of aromatic nitrogens is 3. The third-order valence-corrected chi connectivity index (χ3v) is 5.98. The lowest BCUT2D eigenvalue weighted by atomic mass is 10.0. The van der Waals surface area contributed by atoms with Crippen molar-refractivity contribution in [3.05, 3.63) is 53.9 Å². The second-order valence-corrected chi connectivity index (χ2v) is 7.64. The molecule has 0 saturated carbocycles. The van der Waals surface area contributed by atoms with Gasteiger partial charge in [-0.2, -0.15) is 0 Å². The van der Waals surface area contributed by atoms with Crippen LogP contribution in [0.2, 0.25) is 0 Å². The maximum atomic E-state index is 5.72. The van der Waals surface area contributed by atoms with Gasteiger partial charge in [-0.1, -0.05) is 36.8 Å². The van der Waals surface area contributed by atoms with Gasteiger partial charge >= 0.3 is 0 Å². The molecule has 1 aliphatic carbocycles. The average Bonchev–Trinajstić information content (AvgIpc) is 2.86. The van der Waals surface area contributed by atoms with Crippen molar-refractivity contribution in [2.75, 3.05) is 5.73 Å². The summed E-state index contributed by atoms with van der Waals surface area (Å²) in [6.07, 6.45) is 10.4. The van der Waals surface area contributed by atoms with Crippen molar-refractivity contribution >= 4 is 22.9 Å². The number of aryl methyl sites for hydroxylation is 1. The van der Waals surface area contributed by atoms with Crippen molar-refractivity contribution in [2.45, 2.75) is 39.0 Å². The van der Waals surface area contributed by atoms with Gasteiger partial charge in [0.2, 0.25) is 5.95 Å². The summed E-state index contributed by atoms with van der Waals surface area (Å²) < 4.78 is 0. The van der Waals surface area contributed by atoms with E-state index in [1.807, 2.05) is 13.0 Å². The molecule has 2 aromatic heterocycles. The van der Waals surface area contributed by atoms with Crippen LogP contribution in [0.25, 0.3) is 26.7 Å². The van der Waals surface area contributed by atoms with Crippen LogP contribution >= 0.6 is 11.3 Å². The van der Waals surface area contributed by atoms with Crippen molar-refractivity contribution in [2.24, 2.45) is 0 Å². The second-order valence-electron chi connectivity index (χ2n) is 6.64. The van der Waals surface area contributed by atoms with Gasteiger partial charge in [0.05, 0.1) is 16.3 Å². The standard InChI is InChI=1S/C21H22N4S/c1-14-19(18-12-13-23-21(22)25-18)26-20(24-14)17-10-8-16(9-11-17)15-6-4-2-3-5-7-15/h6,8-13H,2-5,7H2,1H3,(H2,22,23,25). The lowest BCUT2D eigenvalue weighted by molar-refractivity contribution is 0.720. The minimum atomic E-state index is 0.290. The van der Waals surface area contributed by atoms with Gasteiger partial charge in [-0.3, -0.25) is 0 Å². The van der Waals surface area contributed by atoms with Crippen LogP contribution in [0.15, 0.2) is 42.6 Å². The Morgan fingerprint density at radius 3 is 2.58 bits per heavy atom. The molecule has 2 heterocycles. The topological polar surface area (TPSA) is 64.7 Å². The number of anilines is 1. The summed E-state index contributed by atoms with van der Waals surface area (Å²) in [5.74, 6) is 0.290. The van der Waals surface area contributed by atoms with E-state index in [9.17, 15) is 0 Å². The Morgan fingerprint density at radius 2 is 1.77 bits per heavy atom. The number of nitrogens with two attached hydrogens (primary N) is 1. The van der Waals surface area contributed by atoms with Crippen LogP contribution in [-0.4, -0.2) is 15.0 Å². The number of hydrogen-bond acceptors (Lipinski definition) is 5. The minimum Gasteiger partial charge on any atom is -0.368 e. The number of benzene rings is 1. The SMILES string of the molecule is Cc1nc(-c2ccc(C3=CCCCCC3)cc2)sc1-c1ccnc(N)n1. The fraction of sp³-hybridized carbons (Fsp3) is 0.286. The zero-order valence-electron chi connectivity index (χ0n) is 14.9. The molecule has 1 aliphatic rings. The highest BCUT2D eigenvalue weighted by Gasteiger charge is 2.13. The Balaban J connectivity index is 1.62. The van der Waals surface area contributed by atoms with Crippen LogP contribution in [0.4, 0.5) is 5.95 Å². The molecule has 0 unspecified atom stereocenters. The lowest BCUT2D eigenvalue weighted by Gasteiger charge is -2.06. The number of allylic oxidation sites excluding steroid dienone is 2. The Labute approximate surface area is 157 Å². The van der Waals surface area contributed by atoms with Crippen molar-refractivity contribution in [1.29, 1.82) is 0 Å². The number of thiazole rings is 1. The van der Waals surface area contributed by atoms with Gasteiger partial charge in [0.15, 0.2) is 0 Å². The van der Waals surface area contributed by atoms with Gasteiger partial charge in [-0.25, -0.2) is 15.0 Å². The summed E-state index contributed by atoms with van der Waals surface area (Å²) in [7, 11) is 0. The molecule has 0 amide bonds. The number of rotatable bonds is 3.